The van der Waals surface area contributed by atoms with Crippen LogP contribution in [0.5, 0.6) is 17.2 Å². The quantitative estimate of drug-likeness (QED) is 0.854. The zero-order valence-electron chi connectivity index (χ0n) is 11.4. The van der Waals surface area contributed by atoms with Crippen molar-refractivity contribution in [3.63, 3.8) is 0 Å². The van der Waals surface area contributed by atoms with Crippen LogP contribution in [-0.2, 0) is 6.61 Å². The zero-order valence-corrected chi connectivity index (χ0v) is 11.4. The highest BCUT2D eigenvalue weighted by atomic mass is 19.1. The van der Waals surface area contributed by atoms with E-state index in [1.165, 1.54) is 12.1 Å². The first-order valence-corrected chi connectivity index (χ1v) is 6.02. The van der Waals surface area contributed by atoms with Gasteiger partial charge < -0.3 is 19.9 Å². The van der Waals surface area contributed by atoms with Crippen LogP contribution in [0.1, 0.15) is 5.56 Å². The highest BCUT2D eigenvalue weighted by molar-refractivity contribution is 5.44. The summed E-state index contributed by atoms with van der Waals surface area (Å²) in [6, 6.07) is 9.82. The summed E-state index contributed by atoms with van der Waals surface area (Å²) in [7, 11) is 3.14. The van der Waals surface area contributed by atoms with Gasteiger partial charge in [-0.3, -0.25) is 0 Å². The number of ether oxygens (including phenoxy) is 3. The van der Waals surface area contributed by atoms with Crippen LogP contribution in [-0.4, -0.2) is 14.2 Å². The lowest BCUT2D eigenvalue weighted by Gasteiger charge is -2.11. The molecule has 0 heterocycles. The van der Waals surface area contributed by atoms with Crippen LogP contribution in [0.25, 0.3) is 0 Å². The Balaban J connectivity index is 2.08. The molecule has 2 rings (SSSR count). The van der Waals surface area contributed by atoms with Crippen LogP contribution in [0, 0.1) is 5.82 Å². The smallest absolute Gasteiger partial charge is 0.161 e. The van der Waals surface area contributed by atoms with Gasteiger partial charge in [0.05, 0.1) is 19.9 Å². The molecule has 0 amide bonds. The van der Waals surface area contributed by atoms with E-state index in [0.717, 1.165) is 5.56 Å². The minimum atomic E-state index is -0.491. The number of nitrogens with two attached hydrogens (primary N) is 1. The van der Waals surface area contributed by atoms with Gasteiger partial charge in [0.2, 0.25) is 0 Å². The molecule has 2 aromatic carbocycles. The van der Waals surface area contributed by atoms with Gasteiger partial charge in [0.25, 0.3) is 0 Å². The second-order valence-corrected chi connectivity index (χ2v) is 4.16. The van der Waals surface area contributed by atoms with Crippen LogP contribution in [0.4, 0.5) is 10.1 Å². The van der Waals surface area contributed by atoms with E-state index in [4.69, 9.17) is 19.9 Å². The second-order valence-electron chi connectivity index (χ2n) is 4.16. The molecule has 0 spiro atoms. The number of nitrogen functional groups attached to an aromatic ring is 1. The third-order valence-electron chi connectivity index (χ3n) is 2.83. The summed E-state index contributed by atoms with van der Waals surface area (Å²) in [4.78, 5) is 0. The Morgan fingerprint density at radius 1 is 1.00 bits per heavy atom. The summed E-state index contributed by atoms with van der Waals surface area (Å²) >= 11 is 0. The zero-order chi connectivity index (χ0) is 14.5. The van der Waals surface area contributed by atoms with Crippen molar-refractivity contribution in [1.29, 1.82) is 0 Å². The fourth-order valence-corrected chi connectivity index (χ4v) is 1.73. The monoisotopic (exact) mass is 277 g/mol. The first-order valence-electron chi connectivity index (χ1n) is 6.02. The maximum Gasteiger partial charge on any atom is 0.161 e. The van der Waals surface area contributed by atoms with Gasteiger partial charge in [-0.05, 0) is 29.8 Å². The highest BCUT2D eigenvalue weighted by Crippen LogP contribution is 2.28. The molecule has 0 unspecified atom stereocenters. The molecular weight excluding hydrogens is 261 g/mol. The maximum absolute atomic E-state index is 13.3. The predicted molar refractivity (Wildman–Crippen MR) is 74.7 cm³/mol. The van der Waals surface area contributed by atoms with E-state index in [1.54, 1.807) is 26.4 Å². The van der Waals surface area contributed by atoms with E-state index in [1.807, 2.05) is 12.1 Å². The van der Waals surface area contributed by atoms with Crippen LogP contribution in [0.2, 0.25) is 0 Å². The molecule has 106 valence electrons. The summed E-state index contributed by atoms with van der Waals surface area (Å²) in [6.45, 7) is 0.295. The van der Waals surface area contributed by atoms with E-state index in [9.17, 15) is 4.39 Å². The average molecular weight is 277 g/mol. The first kappa shape index (κ1) is 14.0. The standard InChI is InChI=1S/C15H16FNO3/c1-18-14-6-3-10(7-15(14)19-2)9-20-11-4-5-13(17)12(16)8-11/h3-8H,9,17H2,1-2H3. The van der Waals surface area contributed by atoms with Crippen LogP contribution >= 0.6 is 0 Å². The number of methoxy groups -OCH3 is 2. The Morgan fingerprint density at radius 3 is 2.40 bits per heavy atom. The van der Waals surface area contributed by atoms with Gasteiger partial charge >= 0.3 is 0 Å². The lowest BCUT2D eigenvalue weighted by atomic mass is 10.2. The van der Waals surface area contributed by atoms with Crippen LogP contribution < -0.4 is 19.9 Å². The molecule has 0 saturated carbocycles. The minimum Gasteiger partial charge on any atom is -0.493 e. The SMILES string of the molecule is COc1ccc(COc2ccc(N)c(F)c2)cc1OC. The maximum atomic E-state index is 13.3. The Kier molecular flexibility index (Phi) is 4.30. The van der Waals surface area contributed by atoms with Gasteiger partial charge in [0.15, 0.2) is 11.5 Å². The van der Waals surface area contributed by atoms with Crippen molar-refractivity contribution < 1.29 is 18.6 Å². The Hall–Kier alpha value is -2.43. The summed E-state index contributed by atoms with van der Waals surface area (Å²) in [5.74, 6) is 1.20. The normalized spacial score (nSPS) is 10.2. The van der Waals surface area contributed by atoms with E-state index in [2.05, 4.69) is 0 Å². The predicted octanol–water partition coefficient (Wildman–Crippen LogP) is 3.00. The number of rotatable bonds is 5. The molecule has 0 bridgehead atoms. The lowest BCUT2D eigenvalue weighted by molar-refractivity contribution is 0.302. The largest absolute Gasteiger partial charge is 0.493 e. The number of hydrogen-bond donors (Lipinski definition) is 1. The van der Waals surface area contributed by atoms with Gasteiger partial charge in [-0.1, -0.05) is 6.07 Å². The molecule has 0 fully saturated rings. The van der Waals surface area contributed by atoms with Gasteiger partial charge in [-0.15, -0.1) is 0 Å². The van der Waals surface area contributed by atoms with E-state index in [0.29, 0.717) is 23.9 Å². The fraction of sp³-hybridized carbons (Fsp3) is 0.200. The van der Waals surface area contributed by atoms with Crippen LogP contribution in [0.3, 0.4) is 0 Å². The molecule has 5 heteroatoms. The Morgan fingerprint density at radius 2 is 1.75 bits per heavy atom. The van der Waals surface area contributed by atoms with Crippen molar-refractivity contribution in [3.05, 3.63) is 47.8 Å². The molecular formula is C15H16FNO3. The number of anilines is 1. The van der Waals surface area contributed by atoms with Crippen molar-refractivity contribution in [2.45, 2.75) is 6.61 Å². The second kappa shape index (κ2) is 6.14. The molecule has 0 aliphatic rings. The molecule has 2 N–H and O–H groups in total. The van der Waals surface area contributed by atoms with Crippen LogP contribution in [0.15, 0.2) is 36.4 Å². The summed E-state index contributed by atoms with van der Waals surface area (Å²) < 4.78 is 29.2. The summed E-state index contributed by atoms with van der Waals surface area (Å²) in [6.07, 6.45) is 0. The van der Waals surface area contributed by atoms with E-state index in [-0.39, 0.29) is 5.69 Å². The van der Waals surface area contributed by atoms with Crippen molar-refractivity contribution in [1.82, 2.24) is 0 Å². The molecule has 2 aromatic rings. The van der Waals surface area contributed by atoms with E-state index >= 15 is 0 Å². The van der Waals surface area contributed by atoms with Crippen molar-refractivity contribution >= 4 is 5.69 Å². The van der Waals surface area contributed by atoms with Gasteiger partial charge in [0.1, 0.15) is 18.2 Å². The van der Waals surface area contributed by atoms with Gasteiger partial charge in [0, 0.05) is 6.07 Å². The third-order valence-corrected chi connectivity index (χ3v) is 2.83. The molecule has 0 aliphatic heterocycles. The summed E-state index contributed by atoms with van der Waals surface area (Å²) in [5.41, 5.74) is 6.39. The minimum absolute atomic E-state index is 0.100. The van der Waals surface area contributed by atoms with Gasteiger partial charge in [-0.2, -0.15) is 0 Å². The molecule has 4 nitrogen and oxygen atoms in total. The topological polar surface area (TPSA) is 53.7 Å². The molecule has 0 saturated heterocycles. The summed E-state index contributed by atoms with van der Waals surface area (Å²) in [5, 5.41) is 0. The third kappa shape index (κ3) is 3.12. The fourth-order valence-electron chi connectivity index (χ4n) is 1.73. The Labute approximate surface area is 116 Å². The molecule has 0 atom stereocenters. The van der Waals surface area contributed by atoms with Gasteiger partial charge in [-0.25, -0.2) is 4.39 Å². The molecule has 0 aromatic heterocycles. The molecule has 0 aliphatic carbocycles. The van der Waals surface area contributed by atoms with Crippen molar-refractivity contribution in [2.24, 2.45) is 0 Å². The number of hydrogen-bond acceptors (Lipinski definition) is 4. The van der Waals surface area contributed by atoms with Crippen molar-refractivity contribution in [3.8, 4) is 17.2 Å². The molecule has 0 radical (unpaired) electrons. The number of benzene rings is 2. The van der Waals surface area contributed by atoms with Crippen molar-refractivity contribution in [2.75, 3.05) is 20.0 Å². The number of halogens is 1. The Bertz CT molecular complexity index is 602. The lowest BCUT2D eigenvalue weighted by Crippen LogP contribution is -1.98. The average Bonchev–Trinajstić information content (AvgIpc) is 2.48. The van der Waals surface area contributed by atoms with E-state index < -0.39 is 5.82 Å². The first-order chi connectivity index (χ1) is 9.63. The highest BCUT2D eigenvalue weighted by Gasteiger charge is 2.06. The molecule has 20 heavy (non-hydrogen) atoms.